The van der Waals surface area contributed by atoms with Crippen molar-refractivity contribution in [1.82, 2.24) is 5.32 Å². The van der Waals surface area contributed by atoms with Crippen LogP contribution in [0, 0.1) is 19.8 Å². The van der Waals surface area contributed by atoms with Gasteiger partial charge >= 0.3 is 5.97 Å². The summed E-state index contributed by atoms with van der Waals surface area (Å²) in [5.74, 6) is -0.346. The van der Waals surface area contributed by atoms with Gasteiger partial charge in [0.1, 0.15) is 11.8 Å². The van der Waals surface area contributed by atoms with Crippen LogP contribution < -0.4 is 10.1 Å². The van der Waals surface area contributed by atoms with E-state index in [1.165, 1.54) is 6.26 Å². The largest absolute Gasteiger partial charge is 0.459 e. The second-order valence-corrected chi connectivity index (χ2v) is 5.81. The number of rotatable bonds is 5. The van der Waals surface area contributed by atoms with Crippen LogP contribution in [0.2, 0.25) is 0 Å². The Morgan fingerprint density at radius 3 is 2.26 bits per heavy atom. The highest BCUT2D eigenvalue weighted by Crippen LogP contribution is 2.23. The van der Waals surface area contributed by atoms with Gasteiger partial charge in [0, 0.05) is 0 Å². The van der Waals surface area contributed by atoms with Gasteiger partial charge in [0.2, 0.25) is 0 Å². The van der Waals surface area contributed by atoms with E-state index in [1.54, 1.807) is 12.1 Å². The van der Waals surface area contributed by atoms with Crippen LogP contribution in [0.4, 0.5) is 0 Å². The lowest BCUT2D eigenvalue weighted by atomic mass is 10.0. The van der Waals surface area contributed by atoms with E-state index in [0.29, 0.717) is 5.75 Å². The monoisotopic (exact) mass is 315 g/mol. The molecule has 0 aliphatic carbocycles. The summed E-state index contributed by atoms with van der Waals surface area (Å²) in [7, 11) is 0. The minimum Gasteiger partial charge on any atom is -0.459 e. The molecule has 1 amide bonds. The first-order valence-electron chi connectivity index (χ1n) is 7.52. The molecule has 2 rings (SSSR count). The Bertz CT molecular complexity index is 669. The standard InChI is InChI=1S/C18H21NO4/c1-11(2)15(19-17(20)14-9-6-10-22-14)18(21)23-16-12(3)7-5-8-13(16)4/h5-11,15H,1-4H3,(H,19,20)/t15-/m0/s1. The molecule has 1 atom stereocenters. The Balaban J connectivity index is 2.14. The molecule has 1 N–H and O–H groups in total. The third kappa shape index (κ3) is 4.00. The van der Waals surface area contributed by atoms with Crippen molar-refractivity contribution in [2.75, 3.05) is 0 Å². The maximum Gasteiger partial charge on any atom is 0.334 e. The van der Waals surface area contributed by atoms with E-state index in [0.717, 1.165) is 11.1 Å². The predicted molar refractivity (Wildman–Crippen MR) is 86.4 cm³/mol. The van der Waals surface area contributed by atoms with Crippen LogP contribution >= 0.6 is 0 Å². The number of carbonyl (C=O) groups excluding carboxylic acids is 2. The lowest BCUT2D eigenvalue weighted by Crippen LogP contribution is -2.46. The first kappa shape index (κ1) is 16.8. The first-order chi connectivity index (χ1) is 10.9. The van der Waals surface area contributed by atoms with Crippen LogP contribution in [0.5, 0.6) is 5.75 Å². The molecule has 0 radical (unpaired) electrons. The number of carbonyl (C=O) groups is 2. The molecule has 0 spiro atoms. The van der Waals surface area contributed by atoms with Crippen LogP contribution in [-0.2, 0) is 4.79 Å². The summed E-state index contributed by atoms with van der Waals surface area (Å²) in [5, 5.41) is 2.67. The van der Waals surface area contributed by atoms with Crippen molar-refractivity contribution >= 4 is 11.9 Å². The second-order valence-electron chi connectivity index (χ2n) is 5.81. The minimum absolute atomic E-state index is 0.120. The Kier molecular flexibility index (Phi) is 5.21. The molecule has 2 aromatic rings. The quantitative estimate of drug-likeness (QED) is 0.679. The van der Waals surface area contributed by atoms with E-state index in [4.69, 9.17) is 9.15 Å². The summed E-state index contributed by atoms with van der Waals surface area (Å²) in [6.45, 7) is 7.45. The average molecular weight is 315 g/mol. The van der Waals surface area contributed by atoms with E-state index in [1.807, 2.05) is 45.9 Å². The summed E-state index contributed by atoms with van der Waals surface area (Å²) in [6, 6.07) is 8.06. The lowest BCUT2D eigenvalue weighted by Gasteiger charge is -2.21. The molecule has 0 fully saturated rings. The molecule has 0 saturated heterocycles. The summed E-state index contributed by atoms with van der Waals surface area (Å²) >= 11 is 0. The first-order valence-corrected chi connectivity index (χ1v) is 7.52. The Morgan fingerprint density at radius 1 is 1.09 bits per heavy atom. The molecule has 0 aliphatic heterocycles. The minimum atomic E-state index is -0.758. The van der Waals surface area contributed by atoms with Crippen molar-refractivity contribution in [2.45, 2.75) is 33.7 Å². The van der Waals surface area contributed by atoms with Crippen LogP contribution in [0.25, 0.3) is 0 Å². The molecule has 1 aromatic heterocycles. The zero-order valence-electron chi connectivity index (χ0n) is 13.8. The summed E-state index contributed by atoms with van der Waals surface area (Å²) in [4.78, 5) is 24.6. The fourth-order valence-electron chi connectivity index (χ4n) is 2.24. The van der Waals surface area contributed by atoms with Crippen LogP contribution in [0.1, 0.15) is 35.5 Å². The van der Waals surface area contributed by atoms with Gasteiger partial charge in [-0.25, -0.2) is 4.79 Å². The third-order valence-corrected chi connectivity index (χ3v) is 3.56. The van der Waals surface area contributed by atoms with Crippen molar-refractivity contribution in [3.63, 3.8) is 0 Å². The number of amides is 1. The van der Waals surface area contributed by atoms with Crippen molar-refractivity contribution in [2.24, 2.45) is 5.92 Å². The van der Waals surface area contributed by atoms with Gasteiger partial charge in [0.25, 0.3) is 5.91 Å². The van der Waals surface area contributed by atoms with Gasteiger partial charge < -0.3 is 14.5 Å². The molecule has 1 heterocycles. The number of para-hydroxylation sites is 1. The molecule has 0 bridgehead atoms. The van der Waals surface area contributed by atoms with Crippen LogP contribution in [0.3, 0.4) is 0 Å². The van der Waals surface area contributed by atoms with Gasteiger partial charge in [0.15, 0.2) is 5.76 Å². The Labute approximate surface area is 135 Å². The van der Waals surface area contributed by atoms with Gasteiger partial charge in [-0.3, -0.25) is 4.79 Å². The molecule has 23 heavy (non-hydrogen) atoms. The van der Waals surface area contributed by atoms with Crippen molar-refractivity contribution in [3.8, 4) is 5.75 Å². The smallest absolute Gasteiger partial charge is 0.334 e. The fraction of sp³-hybridized carbons (Fsp3) is 0.333. The highest BCUT2D eigenvalue weighted by molar-refractivity contribution is 5.94. The number of benzene rings is 1. The van der Waals surface area contributed by atoms with Gasteiger partial charge in [0.05, 0.1) is 6.26 Å². The Hall–Kier alpha value is -2.56. The average Bonchev–Trinajstić information content (AvgIpc) is 3.02. The van der Waals surface area contributed by atoms with Crippen LogP contribution in [-0.4, -0.2) is 17.9 Å². The molecule has 0 aliphatic rings. The van der Waals surface area contributed by atoms with E-state index in [-0.39, 0.29) is 11.7 Å². The number of hydrogen-bond acceptors (Lipinski definition) is 4. The molecular formula is C18H21NO4. The Morgan fingerprint density at radius 2 is 1.74 bits per heavy atom. The number of esters is 1. The number of nitrogens with one attached hydrogen (secondary N) is 1. The van der Waals surface area contributed by atoms with E-state index in [9.17, 15) is 9.59 Å². The summed E-state index contributed by atoms with van der Waals surface area (Å²) in [5.41, 5.74) is 1.75. The highest BCUT2D eigenvalue weighted by atomic mass is 16.5. The van der Waals surface area contributed by atoms with Crippen molar-refractivity contribution in [3.05, 3.63) is 53.5 Å². The van der Waals surface area contributed by atoms with Gasteiger partial charge in [-0.2, -0.15) is 0 Å². The molecule has 122 valence electrons. The number of hydrogen-bond donors (Lipinski definition) is 1. The second kappa shape index (κ2) is 7.13. The van der Waals surface area contributed by atoms with Crippen LogP contribution in [0.15, 0.2) is 41.0 Å². The maximum absolute atomic E-state index is 12.5. The summed E-state index contributed by atoms with van der Waals surface area (Å²) in [6.07, 6.45) is 1.41. The molecule has 1 aromatic carbocycles. The number of furan rings is 1. The van der Waals surface area contributed by atoms with Gasteiger partial charge in [-0.15, -0.1) is 0 Å². The third-order valence-electron chi connectivity index (χ3n) is 3.56. The van der Waals surface area contributed by atoms with E-state index in [2.05, 4.69) is 5.32 Å². The van der Waals surface area contributed by atoms with Crippen molar-refractivity contribution in [1.29, 1.82) is 0 Å². The molecular weight excluding hydrogens is 294 g/mol. The number of ether oxygens (including phenoxy) is 1. The van der Waals surface area contributed by atoms with Crippen molar-refractivity contribution < 1.29 is 18.7 Å². The van der Waals surface area contributed by atoms with E-state index < -0.39 is 17.9 Å². The zero-order chi connectivity index (χ0) is 17.0. The topological polar surface area (TPSA) is 68.5 Å². The zero-order valence-corrected chi connectivity index (χ0v) is 13.8. The number of aryl methyl sites for hydroxylation is 2. The highest BCUT2D eigenvalue weighted by Gasteiger charge is 2.28. The van der Waals surface area contributed by atoms with E-state index >= 15 is 0 Å². The van der Waals surface area contributed by atoms with Gasteiger partial charge in [-0.05, 0) is 43.0 Å². The summed E-state index contributed by atoms with van der Waals surface area (Å²) < 4.78 is 10.6. The molecule has 5 nitrogen and oxygen atoms in total. The van der Waals surface area contributed by atoms with Gasteiger partial charge in [-0.1, -0.05) is 32.0 Å². The fourth-order valence-corrected chi connectivity index (χ4v) is 2.24. The molecule has 0 unspecified atom stereocenters. The normalized spacial score (nSPS) is 12.0. The molecule has 0 saturated carbocycles. The molecule has 5 heteroatoms. The lowest BCUT2D eigenvalue weighted by molar-refractivity contribution is -0.137. The maximum atomic E-state index is 12.5. The SMILES string of the molecule is Cc1cccc(C)c1OC(=O)[C@@H](NC(=O)c1ccco1)C(C)C. The predicted octanol–water partition coefficient (Wildman–Crippen LogP) is 3.26.